The van der Waals surface area contributed by atoms with E-state index in [0.29, 0.717) is 66.4 Å². The molecule has 31 heteroatoms. The van der Waals surface area contributed by atoms with Crippen LogP contribution < -0.4 is 5.32 Å². The van der Waals surface area contributed by atoms with Crippen LogP contribution in [0.4, 0.5) is 27.6 Å². The van der Waals surface area contributed by atoms with Crippen molar-refractivity contribution in [3.8, 4) is 0 Å². The highest BCUT2D eigenvalue weighted by Crippen LogP contribution is 2.41. The third-order valence-corrected chi connectivity index (χ3v) is 20.5. The van der Waals surface area contributed by atoms with Gasteiger partial charge in [0.05, 0.1) is 26.5 Å². The van der Waals surface area contributed by atoms with Crippen molar-refractivity contribution < 1.29 is 94.9 Å². The Hall–Kier alpha value is -6.44. The number of hydrogen-bond donors (Lipinski definition) is 2. The van der Waals surface area contributed by atoms with Gasteiger partial charge in [-0.3, -0.25) is 9.59 Å². The second-order valence-electron chi connectivity index (χ2n) is 28.7. The molecule has 5 fully saturated rings. The molecular weight excluding hydrogens is 1500 g/mol. The Bertz CT molecular complexity index is 3900. The van der Waals surface area contributed by atoms with Gasteiger partial charge < -0.3 is 44.1 Å². The normalized spacial score (nSPS) is 17.2. The molecule has 3 amide bonds. The summed E-state index contributed by atoms with van der Waals surface area (Å²) in [4.78, 5) is 61.6. The highest BCUT2D eigenvalue weighted by atomic mass is 35.5. The maximum Gasteiger partial charge on any atom is 0.446 e. The standard InChI is InChI=1S/C18H27NO5S.C18H25NO4S.C13H17NO2S.C11H19NO3.C8H10O2S.C4H8O.C2HF3O.CH2Cl2/c1-17(2,3)24-16(20)19-12-10-18(21,11-13-19)15(25(4,22)23)14-8-6-5-7-9-14;1-18(2,3)23-17(20)19-12-10-15(11-13-19)16(24(4,21)22)14-8-6-5-7-9-14;1-17(15,16)13(11-5-3-2-4-6-11)12-7-9-14-10-8-12;1-8-7-12(6-5-9(8)13)10(14)15-11(2,3)4;1-11(9,10)7-8-5-3-2-4-6-8;1-2-4-5-3-1;3-2(4,5)1-6;2-1-3/h5-9,15,21H,10-13H2,1-4H3;5-9H,10-13H2,1-4H3;2-6,14H,7-10H2,1H3;8H,5-7H2,1-4H3;2-6H,7H2,1H3;1-4H2;1H;1H2. The van der Waals surface area contributed by atoms with E-state index in [1.165, 1.54) is 36.5 Å². The first kappa shape index (κ1) is 95.6. The summed E-state index contributed by atoms with van der Waals surface area (Å²) in [6.07, 6.45) is 4.18. The molecule has 5 heterocycles. The number of aldehydes is 1. The largest absolute Gasteiger partial charge is 0.446 e. The highest BCUT2D eigenvalue weighted by molar-refractivity contribution is 8.00. The third-order valence-electron chi connectivity index (χ3n) is 15.5. The zero-order chi connectivity index (χ0) is 80.5. The van der Waals surface area contributed by atoms with Gasteiger partial charge >= 0.3 is 24.5 Å². The number of benzene rings is 4. The molecule has 2 atom stereocenters. The van der Waals surface area contributed by atoms with Crippen LogP contribution in [0.2, 0.25) is 0 Å². The molecule has 22 nitrogen and oxygen atoms in total. The number of alkyl halides is 5. The van der Waals surface area contributed by atoms with Crippen LogP contribution in [0.5, 0.6) is 0 Å². The molecule has 596 valence electrons. The zero-order valence-electron chi connectivity index (χ0n) is 63.4. The third kappa shape index (κ3) is 39.1. The molecular formula is C75H109Cl2F3N4O18S4. The number of amides is 3. The molecule has 0 saturated carbocycles. The van der Waals surface area contributed by atoms with Crippen LogP contribution in [0, 0.1) is 5.92 Å². The van der Waals surface area contributed by atoms with Gasteiger partial charge in [0.2, 0.25) is 6.29 Å². The number of sulfone groups is 4. The Morgan fingerprint density at radius 3 is 1.24 bits per heavy atom. The lowest BCUT2D eigenvalue weighted by Crippen LogP contribution is -2.52. The number of carbonyl (C=O) groups excluding carboxylic acids is 5. The number of ketones is 1. The zero-order valence-corrected chi connectivity index (χ0v) is 68.2. The van der Waals surface area contributed by atoms with Gasteiger partial charge in [-0.25, -0.2) is 48.1 Å². The number of likely N-dealkylation sites (tertiary alicyclic amines) is 3. The van der Waals surface area contributed by atoms with E-state index in [1.807, 2.05) is 127 Å². The number of rotatable bonds is 9. The molecule has 0 bridgehead atoms. The summed E-state index contributed by atoms with van der Waals surface area (Å²) in [6, 6.07) is 36.4. The lowest BCUT2D eigenvalue weighted by molar-refractivity contribution is -0.156. The van der Waals surface area contributed by atoms with Crippen molar-refractivity contribution in [1.29, 1.82) is 0 Å². The van der Waals surface area contributed by atoms with Crippen LogP contribution in [0.1, 0.15) is 155 Å². The molecule has 0 spiro atoms. The van der Waals surface area contributed by atoms with E-state index in [-0.39, 0.29) is 60.9 Å². The molecule has 5 saturated heterocycles. The van der Waals surface area contributed by atoms with Gasteiger partial charge in [-0.05, 0) is 160 Å². The van der Waals surface area contributed by atoms with E-state index < -0.39 is 85.6 Å². The van der Waals surface area contributed by atoms with E-state index in [2.05, 4.69) is 5.32 Å². The summed E-state index contributed by atoms with van der Waals surface area (Å²) < 4.78 is 147. The van der Waals surface area contributed by atoms with Crippen LogP contribution in [0.25, 0.3) is 9.81 Å². The van der Waals surface area contributed by atoms with E-state index in [9.17, 15) is 71.1 Å². The van der Waals surface area contributed by atoms with Crippen molar-refractivity contribution in [3.05, 3.63) is 155 Å². The number of aliphatic hydroxyl groups is 1. The number of carbonyl (C=O) groups is 5. The van der Waals surface area contributed by atoms with Crippen molar-refractivity contribution in [3.63, 3.8) is 0 Å². The van der Waals surface area contributed by atoms with Gasteiger partial charge in [0, 0.05) is 89.8 Å². The van der Waals surface area contributed by atoms with Gasteiger partial charge in [0.25, 0.3) is 0 Å². The SMILES string of the molecule is C1CCOC1.CC(C)(C)OC(=O)N1CCC(=C(c2ccccc2)S(C)(=O)=O)CC1.CC(C)(C)OC(=O)N1CCC(O)(C(c2ccccc2)S(C)(=O)=O)CC1.CC1CN(C(=O)OC(C)(C)C)CCC1=O.CS(=O)(=O)C(=C1CCNCC1)c1ccccc1.CS(=O)(=O)Cc1ccccc1.ClCCl.O=CC(F)(F)F. The van der Waals surface area contributed by atoms with Gasteiger partial charge in [0.15, 0.2) is 39.3 Å². The predicted octanol–water partition coefficient (Wildman–Crippen LogP) is 13.9. The van der Waals surface area contributed by atoms with E-state index >= 15 is 0 Å². The smallest absolute Gasteiger partial charge is 0.444 e. The Morgan fingerprint density at radius 2 is 0.915 bits per heavy atom. The Labute approximate surface area is 636 Å². The number of nitrogens with zero attached hydrogens (tertiary/aromatic N) is 3. The maximum atomic E-state index is 12.4. The molecule has 4 aromatic rings. The summed E-state index contributed by atoms with van der Waals surface area (Å²) in [7, 11) is -12.9. The molecule has 2 N–H and O–H groups in total. The van der Waals surface area contributed by atoms with Gasteiger partial charge in [-0.2, -0.15) is 13.2 Å². The first-order valence-electron chi connectivity index (χ1n) is 34.5. The highest BCUT2D eigenvalue weighted by Gasteiger charge is 2.47. The molecule has 5 aliphatic heterocycles. The molecule has 0 radical (unpaired) electrons. The fourth-order valence-electron chi connectivity index (χ4n) is 11.2. The monoisotopic (exact) mass is 1610 g/mol. The first-order valence-corrected chi connectivity index (χ1v) is 43.3. The molecule has 5 aliphatic rings. The maximum absolute atomic E-state index is 12.4. The number of nitrogens with one attached hydrogen (secondary N) is 1. The predicted molar refractivity (Wildman–Crippen MR) is 412 cm³/mol. The molecule has 2 unspecified atom stereocenters. The summed E-state index contributed by atoms with van der Waals surface area (Å²) in [5, 5.41) is 13.5. The molecule has 0 aliphatic carbocycles. The van der Waals surface area contributed by atoms with Crippen molar-refractivity contribution >= 4 is 103 Å². The number of piperidine rings is 4. The summed E-state index contributed by atoms with van der Waals surface area (Å²) >= 11 is 9.53. The first-order chi connectivity index (χ1) is 48.9. The van der Waals surface area contributed by atoms with Crippen LogP contribution in [0.15, 0.2) is 132 Å². The van der Waals surface area contributed by atoms with Gasteiger partial charge in [-0.15, -0.1) is 23.2 Å². The van der Waals surface area contributed by atoms with E-state index in [1.54, 1.807) is 73.0 Å². The Balaban J connectivity index is 0.000000438. The van der Waals surface area contributed by atoms with Crippen LogP contribution >= 0.6 is 23.2 Å². The second kappa shape index (κ2) is 44.3. The average molecular weight is 1610 g/mol. The lowest BCUT2D eigenvalue weighted by atomic mass is 9.85. The quantitative estimate of drug-likeness (QED) is 0.0893. The van der Waals surface area contributed by atoms with Crippen LogP contribution in [-0.4, -0.2) is 208 Å². The van der Waals surface area contributed by atoms with Gasteiger partial charge in [0.1, 0.15) is 27.8 Å². The molecule has 106 heavy (non-hydrogen) atoms. The lowest BCUT2D eigenvalue weighted by Gasteiger charge is -2.42. The Morgan fingerprint density at radius 1 is 0.575 bits per heavy atom. The minimum atomic E-state index is -4.64. The topological polar surface area (TPSA) is 301 Å². The number of ether oxygens (including phenoxy) is 4. The molecule has 4 aromatic carbocycles. The fraction of sp³-hybridized carbons (Fsp3) is 0.560. The minimum absolute atomic E-state index is 0.0636. The Kier molecular flexibility index (Phi) is 39.9. The number of halogens is 5. The summed E-state index contributed by atoms with van der Waals surface area (Å²) in [5.74, 6) is 0.300. The molecule has 0 aromatic heterocycles. The van der Waals surface area contributed by atoms with E-state index in [0.717, 1.165) is 67.7 Å². The number of hydrogen-bond acceptors (Lipinski definition) is 19. The summed E-state index contributed by atoms with van der Waals surface area (Å²) in [5.41, 5.74) is 1.86. The number of Topliss-reactive ketones (excluding diaryl/α,β-unsaturated/α-hetero) is 1. The van der Waals surface area contributed by atoms with Crippen molar-refractivity contribution in [1.82, 2.24) is 20.0 Å². The fourth-order valence-corrected chi connectivity index (χ4v) is 16.2. The van der Waals surface area contributed by atoms with Crippen molar-refractivity contribution in [2.24, 2.45) is 5.92 Å². The van der Waals surface area contributed by atoms with Crippen molar-refractivity contribution in [2.75, 3.05) is 95.9 Å². The van der Waals surface area contributed by atoms with Crippen LogP contribution in [-0.2, 0) is 73.6 Å². The molecule has 9 rings (SSSR count). The second-order valence-corrected chi connectivity index (χ2v) is 37.7. The van der Waals surface area contributed by atoms with Crippen molar-refractivity contribution in [2.45, 2.75) is 167 Å². The van der Waals surface area contributed by atoms with Crippen LogP contribution in [0.3, 0.4) is 0 Å². The van der Waals surface area contributed by atoms with Gasteiger partial charge in [-0.1, -0.05) is 128 Å². The minimum Gasteiger partial charge on any atom is -0.444 e. The average Bonchev–Trinajstić information content (AvgIpc) is 0.788. The summed E-state index contributed by atoms with van der Waals surface area (Å²) in [6.45, 7) is 24.4. The van der Waals surface area contributed by atoms with E-state index in [4.69, 9.17) is 46.9 Å².